The molecular weight excluding hydrogens is 278 g/mol. The van der Waals surface area contributed by atoms with Gasteiger partial charge < -0.3 is 5.11 Å². The van der Waals surface area contributed by atoms with Crippen molar-refractivity contribution < 1.29 is 18.3 Å². The molecule has 0 saturated heterocycles. The van der Waals surface area contributed by atoms with E-state index in [4.69, 9.17) is 5.11 Å². The van der Waals surface area contributed by atoms with Crippen LogP contribution in [0.15, 0.2) is 24.3 Å². The molecule has 0 bridgehead atoms. The molecule has 0 aliphatic heterocycles. The highest BCUT2D eigenvalue weighted by Gasteiger charge is 2.11. The van der Waals surface area contributed by atoms with Gasteiger partial charge in [-0.2, -0.15) is 0 Å². The Morgan fingerprint density at radius 3 is 2.40 bits per heavy atom. The Bertz CT molecular complexity index is 537. The van der Waals surface area contributed by atoms with Crippen LogP contribution in [0.25, 0.3) is 0 Å². The lowest BCUT2D eigenvalue weighted by Crippen LogP contribution is -2.17. The topological polar surface area (TPSA) is 83.5 Å². The second kappa shape index (κ2) is 7.28. The summed E-state index contributed by atoms with van der Waals surface area (Å²) in [7, 11) is -3.48. The van der Waals surface area contributed by atoms with E-state index in [9.17, 15) is 13.2 Å². The molecule has 6 heteroatoms. The number of aliphatic carboxylic acids is 1. The van der Waals surface area contributed by atoms with Crippen LogP contribution in [-0.4, -0.2) is 25.2 Å². The fourth-order valence-corrected chi connectivity index (χ4v) is 2.88. The molecule has 5 nitrogen and oxygen atoms in total. The summed E-state index contributed by atoms with van der Waals surface area (Å²) >= 11 is 0. The zero-order chi connectivity index (χ0) is 15.2. The van der Waals surface area contributed by atoms with Crippen molar-refractivity contribution in [1.29, 1.82) is 0 Å². The lowest BCUT2D eigenvalue weighted by Gasteiger charge is -2.11. The summed E-state index contributed by atoms with van der Waals surface area (Å²) in [5.74, 6) is -0.735. The van der Waals surface area contributed by atoms with E-state index in [2.05, 4.69) is 18.6 Å². The highest BCUT2D eigenvalue weighted by molar-refractivity contribution is 7.92. The third-order valence-corrected chi connectivity index (χ3v) is 4.54. The summed E-state index contributed by atoms with van der Waals surface area (Å²) in [6, 6.07) is 7.28. The van der Waals surface area contributed by atoms with Crippen molar-refractivity contribution in [2.24, 2.45) is 0 Å². The van der Waals surface area contributed by atoms with Crippen LogP contribution in [0.1, 0.15) is 44.6 Å². The zero-order valence-corrected chi connectivity index (χ0v) is 12.6. The summed E-state index contributed by atoms with van der Waals surface area (Å²) in [6.07, 6.45) is 0.990. The van der Waals surface area contributed by atoms with E-state index in [1.807, 2.05) is 12.1 Å². The Labute approximate surface area is 120 Å². The lowest BCUT2D eigenvalue weighted by molar-refractivity contribution is -0.137. The second-order valence-corrected chi connectivity index (χ2v) is 6.69. The van der Waals surface area contributed by atoms with Crippen LogP contribution < -0.4 is 4.72 Å². The summed E-state index contributed by atoms with van der Waals surface area (Å²) < 4.78 is 26.0. The summed E-state index contributed by atoms with van der Waals surface area (Å²) in [6.45, 7) is 4.22. The number of hydrogen-bond donors (Lipinski definition) is 2. The van der Waals surface area contributed by atoms with Crippen LogP contribution in [-0.2, 0) is 14.8 Å². The van der Waals surface area contributed by atoms with Crippen LogP contribution in [0.2, 0.25) is 0 Å². The summed E-state index contributed by atoms with van der Waals surface area (Å²) in [5, 5.41) is 8.49. The first-order valence-corrected chi connectivity index (χ1v) is 8.31. The number of rotatable bonds is 8. The fraction of sp³-hybridized carbons (Fsp3) is 0.500. The van der Waals surface area contributed by atoms with Gasteiger partial charge in [-0.15, -0.1) is 0 Å². The summed E-state index contributed by atoms with van der Waals surface area (Å²) in [4.78, 5) is 10.4. The molecular formula is C14H21NO4S. The first kappa shape index (κ1) is 16.5. The molecule has 112 valence electrons. The summed E-state index contributed by atoms with van der Waals surface area (Å²) in [5.41, 5.74) is 1.67. The van der Waals surface area contributed by atoms with Gasteiger partial charge in [0, 0.05) is 12.1 Å². The monoisotopic (exact) mass is 299 g/mol. The maximum atomic E-state index is 11.8. The molecule has 1 unspecified atom stereocenters. The molecule has 0 fully saturated rings. The Morgan fingerprint density at radius 2 is 1.90 bits per heavy atom. The second-order valence-electron chi connectivity index (χ2n) is 4.85. The molecule has 2 N–H and O–H groups in total. The van der Waals surface area contributed by atoms with Gasteiger partial charge >= 0.3 is 5.97 Å². The highest BCUT2D eigenvalue weighted by Crippen LogP contribution is 2.21. The minimum Gasteiger partial charge on any atom is -0.481 e. The molecule has 1 aromatic carbocycles. The van der Waals surface area contributed by atoms with Crippen molar-refractivity contribution in [1.82, 2.24) is 0 Å². The molecule has 20 heavy (non-hydrogen) atoms. The third kappa shape index (κ3) is 5.61. The van der Waals surface area contributed by atoms with E-state index >= 15 is 0 Å². The Hall–Kier alpha value is -1.56. The quantitative estimate of drug-likeness (QED) is 0.773. The average Bonchev–Trinajstić information content (AvgIpc) is 2.37. The van der Waals surface area contributed by atoms with Crippen LogP contribution in [0.5, 0.6) is 0 Å². The Morgan fingerprint density at radius 1 is 1.30 bits per heavy atom. The molecule has 0 saturated carbocycles. The first-order chi connectivity index (χ1) is 9.34. The highest BCUT2D eigenvalue weighted by atomic mass is 32.2. The van der Waals surface area contributed by atoms with Crippen molar-refractivity contribution in [3.05, 3.63) is 29.8 Å². The van der Waals surface area contributed by atoms with Crippen molar-refractivity contribution in [2.75, 3.05) is 10.5 Å². The van der Waals surface area contributed by atoms with E-state index < -0.39 is 16.0 Å². The number of carboxylic acids is 1. The van der Waals surface area contributed by atoms with Gasteiger partial charge in [0.1, 0.15) is 0 Å². The van der Waals surface area contributed by atoms with Crippen LogP contribution >= 0.6 is 0 Å². The molecule has 1 rings (SSSR count). The molecule has 0 aromatic heterocycles. The average molecular weight is 299 g/mol. The van der Waals surface area contributed by atoms with E-state index in [0.717, 1.165) is 6.42 Å². The molecule has 0 aliphatic carbocycles. The van der Waals surface area contributed by atoms with Gasteiger partial charge in [0.25, 0.3) is 0 Å². The minimum atomic E-state index is -3.48. The van der Waals surface area contributed by atoms with Gasteiger partial charge in [-0.3, -0.25) is 9.52 Å². The molecule has 0 spiro atoms. The van der Waals surface area contributed by atoms with Gasteiger partial charge in [-0.1, -0.05) is 26.0 Å². The van der Waals surface area contributed by atoms with Crippen LogP contribution in [0, 0.1) is 0 Å². The van der Waals surface area contributed by atoms with Gasteiger partial charge in [-0.05, 0) is 36.5 Å². The molecule has 0 radical (unpaired) electrons. The maximum absolute atomic E-state index is 11.8. The first-order valence-electron chi connectivity index (χ1n) is 6.66. The maximum Gasteiger partial charge on any atom is 0.303 e. The number of carbonyl (C=O) groups is 1. The van der Waals surface area contributed by atoms with Crippen molar-refractivity contribution in [3.63, 3.8) is 0 Å². The smallest absolute Gasteiger partial charge is 0.303 e. The fourth-order valence-electron chi connectivity index (χ4n) is 1.76. The number of sulfonamides is 1. The number of benzene rings is 1. The van der Waals surface area contributed by atoms with E-state index in [-0.39, 0.29) is 18.6 Å². The van der Waals surface area contributed by atoms with E-state index in [1.165, 1.54) is 5.56 Å². The van der Waals surface area contributed by atoms with Gasteiger partial charge in [0.15, 0.2) is 0 Å². The van der Waals surface area contributed by atoms with Crippen molar-refractivity contribution >= 4 is 21.7 Å². The standard InChI is InChI=1S/C14H21NO4S/c1-3-11(2)12-6-8-13(9-7-12)15-20(18,19)10-4-5-14(16)17/h6-9,11,15H,3-5,10H2,1-2H3,(H,16,17). The SMILES string of the molecule is CCC(C)c1ccc(NS(=O)(=O)CCCC(=O)O)cc1. The van der Waals surface area contributed by atoms with Gasteiger partial charge in [0.2, 0.25) is 10.0 Å². The van der Waals surface area contributed by atoms with E-state index in [1.54, 1.807) is 12.1 Å². The Kier molecular flexibility index (Phi) is 6.01. The molecule has 0 amide bonds. The molecule has 0 heterocycles. The normalized spacial score (nSPS) is 12.9. The molecule has 1 aromatic rings. The van der Waals surface area contributed by atoms with Crippen LogP contribution in [0.4, 0.5) is 5.69 Å². The molecule has 0 aliphatic rings. The number of hydrogen-bond acceptors (Lipinski definition) is 3. The largest absolute Gasteiger partial charge is 0.481 e. The third-order valence-electron chi connectivity index (χ3n) is 3.17. The Balaban J connectivity index is 2.61. The van der Waals surface area contributed by atoms with Gasteiger partial charge in [0.05, 0.1) is 5.75 Å². The number of carboxylic acid groups (broad SMARTS) is 1. The lowest BCUT2D eigenvalue weighted by atomic mass is 9.99. The van der Waals surface area contributed by atoms with Crippen LogP contribution in [0.3, 0.4) is 0 Å². The number of anilines is 1. The number of nitrogens with one attached hydrogen (secondary N) is 1. The van der Waals surface area contributed by atoms with E-state index in [0.29, 0.717) is 11.6 Å². The van der Waals surface area contributed by atoms with Gasteiger partial charge in [-0.25, -0.2) is 8.42 Å². The zero-order valence-electron chi connectivity index (χ0n) is 11.8. The minimum absolute atomic E-state index is 0.107. The predicted octanol–water partition coefficient (Wildman–Crippen LogP) is 2.81. The molecule has 1 atom stereocenters. The predicted molar refractivity (Wildman–Crippen MR) is 79.4 cm³/mol. The van der Waals surface area contributed by atoms with Crippen molar-refractivity contribution in [3.8, 4) is 0 Å². The van der Waals surface area contributed by atoms with Crippen molar-refractivity contribution in [2.45, 2.75) is 39.0 Å².